The summed E-state index contributed by atoms with van der Waals surface area (Å²) in [5.41, 5.74) is 0.155. The largest absolute Gasteiger partial charge is 0.493 e. The Kier molecular flexibility index (Phi) is 5.33. The fourth-order valence-corrected chi connectivity index (χ4v) is 3.82. The summed E-state index contributed by atoms with van der Waals surface area (Å²) in [7, 11) is 0. The first kappa shape index (κ1) is 19.2. The fourth-order valence-electron chi connectivity index (χ4n) is 3.82. The van der Waals surface area contributed by atoms with Crippen LogP contribution < -0.4 is 15.4 Å². The number of nitrogens with zero attached hydrogens (tertiary/aromatic N) is 1. The van der Waals surface area contributed by atoms with Gasteiger partial charge in [0.15, 0.2) is 0 Å². The molecule has 0 bridgehead atoms. The number of anilines is 2. The number of ether oxygens (including phenoxy) is 1. The molecular weight excluding hydrogens is 380 g/mol. The summed E-state index contributed by atoms with van der Waals surface area (Å²) >= 11 is 0. The predicted molar refractivity (Wildman–Crippen MR) is 104 cm³/mol. The average Bonchev–Trinajstić information content (AvgIpc) is 2.70. The lowest BCUT2D eigenvalue weighted by Gasteiger charge is -2.37. The Morgan fingerprint density at radius 3 is 2.66 bits per heavy atom. The molecule has 6 nitrogen and oxygen atoms in total. The number of piperidine rings is 1. The second-order valence-electron chi connectivity index (χ2n) is 7.17. The Balaban J connectivity index is 1.54. The zero-order chi connectivity index (χ0) is 20.4. The van der Waals surface area contributed by atoms with E-state index in [9.17, 15) is 18.4 Å². The SMILES string of the molecule is O=C(Nc1ccc2c(c1)C(=O)N1CCCCC1CCO2)Nc1c(F)cccc1F. The molecule has 2 N–H and O–H groups in total. The maximum Gasteiger partial charge on any atom is 0.323 e. The van der Waals surface area contributed by atoms with Gasteiger partial charge < -0.3 is 20.3 Å². The second kappa shape index (κ2) is 8.06. The average molecular weight is 401 g/mol. The standard InChI is InChI=1S/C21H21F2N3O3/c22-16-5-3-6-17(23)19(16)25-21(28)24-13-7-8-18-15(12-13)20(27)26-10-2-1-4-14(26)9-11-29-18/h3,5-8,12,14H,1-2,4,9-11H2,(H2,24,25,28). The smallest absolute Gasteiger partial charge is 0.323 e. The number of carbonyl (C=O) groups is 2. The summed E-state index contributed by atoms with van der Waals surface area (Å²) < 4.78 is 33.2. The molecule has 2 aliphatic heterocycles. The molecule has 4 rings (SSSR count). The van der Waals surface area contributed by atoms with Gasteiger partial charge in [-0.25, -0.2) is 13.6 Å². The minimum absolute atomic E-state index is 0.131. The molecule has 8 heteroatoms. The molecule has 152 valence electrons. The molecule has 2 aromatic rings. The number of para-hydroxylation sites is 1. The van der Waals surface area contributed by atoms with Gasteiger partial charge in [-0.2, -0.15) is 0 Å². The number of hydrogen-bond acceptors (Lipinski definition) is 3. The third kappa shape index (κ3) is 4.01. The van der Waals surface area contributed by atoms with Gasteiger partial charge in [0, 0.05) is 24.7 Å². The number of benzene rings is 2. The van der Waals surface area contributed by atoms with E-state index in [-0.39, 0.29) is 11.9 Å². The Bertz CT molecular complexity index is 931. The summed E-state index contributed by atoms with van der Waals surface area (Å²) in [6.45, 7) is 1.22. The highest BCUT2D eigenvalue weighted by Gasteiger charge is 2.31. The number of amides is 3. The summed E-state index contributed by atoms with van der Waals surface area (Å²) in [6.07, 6.45) is 3.81. The summed E-state index contributed by atoms with van der Waals surface area (Å²) in [4.78, 5) is 27.1. The molecule has 1 saturated heterocycles. The zero-order valence-corrected chi connectivity index (χ0v) is 15.7. The van der Waals surface area contributed by atoms with Crippen LogP contribution in [0.1, 0.15) is 36.0 Å². The number of hydrogen-bond donors (Lipinski definition) is 2. The van der Waals surface area contributed by atoms with E-state index in [0.29, 0.717) is 30.2 Å². The summed E-state index contributed by atoms with van der Waals surface area (Å²) in [5, 5.41) is 4.67. The van der Waals surface area contributed by atoms with Crippen molar-refractivity contribution in [2.45, 2.75) is 31.7 Å². The molecule has 1 atom stereocenters. The van der Waals surface area contributed by atoms with Gasteiger partial charge in [0.05, 0.1) is 12.2 Å². The van der Waals surface area contributed by atoms with Crippen molar-refractivity contribution in [3.63, 3.8) is 0 Å². The highest BCUT2D eigenvalue weighted by molar-refractivity contribution is 6.02. The first-order chi connectivity index (χ1) is 14.0. The van der Waals surface area contributed by atoms with Gasteiger partial charge in [-0.15, -0.1) is 0 Å². The zero-order valence-electron chi connectivity index (χ0n) is 15.7. The van der Waals surface area contributed by atoms with E-state index in [0.717, 1.165) is 37.8 Å². The fraction of sp³-hybridized carbons (Fsp3) is 0.333. The number of halogens is 2. The monoisotopic (exact) mass is 401 g/mol. The molecule has 1 fully saturated rings. The van der Waals surface area contributed by atoms with Crippen molar-refractivity contribution in [3.05, 3.63) is 53.6 Å². The van der Waals surface area contributed by atoms with E-state index < -0.39 is 23.4 Å². The van der Waals surface area contributed by atoms with E-state index in [1.807, 2.05) is 4.90 Å². The number of carbonyl (C=O) groups excluding carboxylic acids is 2. The minimum Gasteiger partial charge on any atom is -0.493 e. The topological polar surface area (TPSA) is 70.7 Å². The van der Waals surface area contributed by atoms with E-state index in [4.69, 9.17) is 4.74 Å². The molecule has 0 aliphatic carbocycles. The van der Waals surface area contributed by atoms with Crippen LogP contribution in [-0.2, 0) is 0 Å². The lowest BCUT2D eigenvalue weighted by Crippen LogP contribution is -2.45. The molecule has 2 aliphatic rings. The van der Waals surface area contributed by atoms with Crippen LogP contribution in [-0.4, -0.2) is 36.0 Å². The first-order valence-electron chi connectivity index (χ1n) is 9.63. The van der Waals surface area contributed by atoms with Crippen LogP contribution in [0, 0.1) is 11.6 Å². The number of urea groups is 1. The van der Waals surface area contributed by atoms with Crippen LogP contribution in [0.25, 0.3) is 0 Å². The quantitative estimate of drug-likeness (QED) is 0.784. The van der Waals surface area contributed by atoms with Gasteiger partial charge in [-0.3, -0.25) is 4.79 Å². The van der Waals surface area contributed by atoms with Gasteiger partial charge in [0.1, 0.15) is 23.1 Å². The Morgan fingerprint density at radius 1 is 1.07 bits per heavy atom. The molecule has 0 spiro atoms. The van der Waals surface area contributed by atoms with Crippen molar-refractivity contribution in [2.24, 2.45) is 0 Å². The predicted octanol–water partition coefficient (Wildman–Crippen LogP) is 4.39. The van der Waals surface area contributed by atoms with Crippen molar-refractivity contribution >= 4 is 23.3 Å². The Labute approximate surface area is 166 Å². The maximum atomic E-state index is 13.7. The van der Waals surface area contributed by atoms with Crippen molar-refractivity contribution < 1.29 is 23.1 Å². The summed E-state index contributed by atoms with van der Waals surface area (Å²) in [5.74, 6) is -1.42. The van der Waals surface area contributed by atoms with Gasteiger partial charge in [0.2, 0.25) is 0 Å². The van der Waals surface area contributed by atoms with Gasteiger partial charge in [-0.1, -0.05) is 6.07 Å². The van der Waals surface area contributed by atoms with Crippen LogP contribution in [0.5, 0.6) is 5.75 Å². The van der Waals surface area contributed by atoms with Crippen LogP contribution >= 0.6 is 0 Å². The molecular formula is C21H21F2N3O3. The molecule has 3 amide bonds. The maximum absolute atomic E-state index is 13.7. The molecule has 1 unspecified atom stereocenters. The first-order valence-corrected chi connectivity index (χ1v) is 9.63. The molecule has 2 aromatic carbocycles. The number of fused-ring (bicyclic) bond motifs is 2. The normalized spacial score (nSPS) is 18.6. The van der Waals surface area contributed by atoms with Crippen molar-refractivity contribution in [1.29, 1.82) is 0 Å². The van der Waals surface area contributed by atoms with E-state index in [1.165, 1.54) is 12.1 Å². The van der Waals surface area contributed by atoms with E-state index in [2.05, 4.69) is 10.6 Å². The van der Waals surface area contributed by atoms with Crippen LogP contribution in [0.4, 0.5) is 25.0 Å². The molecule has 0 radical (unpaired) electrons. The lowest BCUT2D eigenvalue weighted by molar-refractivity contribution is 0.0548. The molecule has 0 aromatic heterocycles. The third-order valence-electron chi connectivity index (χ3n) is 5.27. The van der Waals surface area contributed by atoms with E-state index >= 15 is 0 Å². The number of rotatable bonds is 2. The van der Waals surface area contributed by atoms with Crippen LogP contribution in [0.15, 0.2) is 36.4 Å². The second-order valence-corrected chi connectivity index (χ2v) is 7.17. The molecule has 29 heavy (non-hydrogen) atoms. The lowest BCUT2D eigenvalue weighted by atomic mass is 9.97. The van der Waals surface area contributed by atoms with Gasteiger partial charge in [-0.05, 0) is 49.6 Å². The van der Waals surface area contributed by atoms with Crippen LogP contribution in [0.3, 0.4) is 0 Å². The highest BCUT2D eigenvalue weighted by atomic mass is 19.1. The van der Waals surface area contributed by atoms with Crippen LogP contribution in [0.2, 0.25) is 0 Å². The Hall–Kier alpha value is -3.16. The van der Waals surface area contributed by atoms with Crippen molar-refractivity contribution in [1.82, 2.24) is 4.90 Å². The number of nitrogens with one attached hydrogen (secondary N) is 2. The van der Waals surface area contributed by atoms with Gasteiger partial charge >= 0.3 is 6.03 Å². The van der Waals surface area contributed by atoms with Crippen molar-refractivity contribution in [2.75, 3.05) is 23.8 Å². The summed E-state index contributed by atoms with van der Waals surface area (Å²) in [6, 6.07) is 7.39. The molecule has 2 heterocycles. The van der Waals surface area contributed by atoms with Gasteiger partial charge in [0.25, 0.3) is 5.91 Å². The molecule has 0 saturated carbocycles. The Morgan fingerprint density at radius 2 is 1.86 bits per heavy atom. The van der Waals surface area contributed by atoms with Crippen molar-refractivity contribution in [3.8, 4) is 5.75 Å². The third-order valence-corrected chi connectivity index (χ3v) is 5.27. The highest BCUT2D eigenvalue weighted by Crippen LogP contribution is 2.31. The van der Waals surface area contributed by atoms with E-state index in [1.54, 1.807) is 12.1 Å². The minimum atomic E-state index is -0.877.